The van der Waals surface area contributed by atoms with E-state index in [0.717, 1.165) is 17.1 Å². The summed E-state index contributed by atoms with van der Waals surface area (Å²) >= 11 is 1.36. The monoisotopic (exact) mass is 408 g/mol. The number of fused-ring (bicyclic) bond motifs is 1. The number of anilines is 1. The smallest absolute Gasteiger partial charge is 0.262 e. The van der Waals surface area contributed by atoms with Gasteiger partial charge in [0.25, 0.3) is 5.91 Å². The Morgan fingerprint density at radius 2 is 2.00 bits per heavy atom. The van der Waals surface area contributed by atoms with E-state index in [4.69, 9.17) is 4.74 Å². The van der Waals surface area contributed by atoms with Gasteiger partial charge in [0, 0.05) is 5.56 Å². The highest BCUT2D eigenvalue weighted by Gasteiger charge is 2.24. The molecule has 0 saturated heterocycles. The second-order valence-corrected chi connectivity index (χ2v) is 8.13. The molecule has 1 aliphatic rings. The third-order valence-electron chi connectivity index (χ3n) is 4.70. The average Bonchev–Trinajstić information content (AvgIpc) is 3.07. The van der Waals surface area contributed by atoms with Crippen LogP contribution in [0.5, 0.6) is 5.75 Å². The Morgan fingerprint density at radius 1 is 1.21 bits per heavy atom. The van der Waals surface area contributed by atoms with Crippen LogP contribution < -0.4 is 10.1 Å². The first-order valence-electron chi connectivity index (χ1n) is 9.19. The summed E-state index contributed by atoms with van der Waals surface area (Å²) in [6.07, 6.45) is 0. The molecule has 1 aliphatic heterocycles. The topological polar surface area (TPSA) is 86.1 Å². The van der Waals surface area contributed by atoms with Crippen LogP contribution in [0.1, 0.15) is 28.7 Å². The number of ether oxygens (including phenoxy) is 1. The lowest BCUT2D eigenvalue weighted by Gasteiger charge is -2.19. The maximum Gasteiger partial charge on any atom is 0.262 e. The average molecular weight is 408 g/mol. The van der Waals surface area contributed by atoms with Crippen LogP contribution in [0, 0.1) is 13.8 Å². The first-order chi connectivity index (χ1) is 13.9. The number of hydrogen-bond acceptors (Lipinski definition) is 6. The minimum atomic E-state index is -0.389. The Bertz CT molecular complexity index is 1110. The van der Waals surface area contributed by atoms with Gasteiger partial charge in [-0.05, 0) is 50.6 Å². The highest BCUT2D eigenvalue weighted by atomic mass is 32.2. The van der Waals surface area contributed by atoms with E-state index in [9.17, 15) is 9.59 Å². The zero-order valence-electron chi connectivity index (χ0n) is 16.3. The van der Waals surface area contributed by atoms with E-state index >= 15 is 0 Å². The number of aryl methyl sites for hydroxylation is 2. The van der Waals surface area contributed by atoms with Gasteiger partial charge in [-0.1, -0.05) is 30.0 Å². The van der Waals surface area contributed by atoms with Gasteiger partial charge in [-0.25, -0.2) is 0 Å². The molecule has 0 bridgehead atoms. The van der Waals surface area contributed by atoms with Gasteiger partial charge >= 0.3 is 0 Å². The number of para-hydroxylation sites is 1. The Hall–Kier alpha value is -3.13. The minimum absolute atomic E-state index is 0.0134. The SMILES string of the molecule is Cc1ccccc1-n1c(C)nnc1S[C@@H](C)C(=O)c1ccc2c(c1)NC(=O)CO2. The molecular formula is C21H20N4O3S. The predicted octanol–water partition coefficient (Wildman–Crippen LogP) is 3.58. The van der Waals surface area contributed by atoms with Crippen LogP contribution in [0.2, 0.25) is 0 Å². The number of carbonyl (C=O) groups is 2. The van der Waals surface area contributed by atoms with Crippen molar-refractivity contribution in [3.63, 3.8) is 0 Å². The van der Waals surface area contributed by atoms with Crippen LogP contribution in [0.3, 0.4) is 0 Å². The predicted molar refractivity (Wildman–Crippen MR) is 111 cm³/mol. The summed E-state index contributed by atoms with van der Waals surface area (Å²) in [5.74, 6) is 1.03. The molecule has 1 amide bonds. The summed E-state index contributed by atoms with van der Waals surface area (Å²) in [6.45, 7) is 5.75. The Morgan fingerprint density at radius 3 is 2.79 bits per heavy atom. The summed E-state index contributed by atoms with van der Waals surface area (Å²) < 4.78 is 7.32. The normalized spacial score (nSPS) is 14.0. The molecule has 2 heterocycles. The van der Waals surface area contributed by atoms with Gasteiger partial charge in [0.1, 0.15) is 11.6 Å². The molecule has 0 radical (unpaired) electrons. The van der Waals surface area contributed by atoms with Crippen molar-refractivity contribution in [3.8, 4) is 11.4 Å². The fraction of sp³-hybridized carbons (Fsp3) is 0.238. The van der Waals surface area contributed by atoms with Crippen molar-refractivity contribution in [1.29, 1.82) is 0 Å². The summed E-state index contributed by atoms with van der Waals surface area (Å²) in [7, 11) is 0. The minimum Gasteiger partial charge on any atom is -0.482 e. The second kappa shape index (κ2) is 7.71. The standard InChI is InChI=1S/C21H20N4O3S/c1-12-6-4-5-7-17(12)25-14(3)23-24-21(25)29-13(2)20(27)15-8-9-18-16(10-15)22-19(26)11-28-18/h4-10,13H,11H2,1-3H3,(H,22,26)/t13-/m0/s1. The molecule has 29 heavy (non-hydrogen) atoms. The number of amides is 1. The fourth-order valence-electron chi connectivity index (χ4n) is 3.19. The molecular weight excluding hydrogens is 388 g/mol. The van der Waals surface area contributed by atoms with Crippen molar-refractivity contribution in [2.45, 2.75) is 31.2 Å². The van der Waals surface area contributed by atoms with Crippen molar-refractivity contribution in [2.24, 2.45) is 0 Å². The number of nitrogens with one attached hydrogen (secondary N) is 1. The molecule has 0 fully saturated rings. The number of ketones is 1. The van der Waals surface area contributed by atoms with Crippen LogP contribution >= 0.6 is 11.8 Å². The third-order valence-corrected chi connectivity index (χ3v) is 5.74. The van der Waals surface area contributed by atoms with Crippen LogP contribution in [-0.4, -0.2) is 38.3 Å². The van der Waals surface area contributed by atoms with E-state index < -0.39 is 0 Å². The number of benzene rings is 2. The maximum absolute atomic E-state index is 13.0. The number of carbonyl (C=O) groups excluding carboxylic acids is 2. The molecule has 0 saturated carbocycles. The maximum atomic E-state index is 13.0. The van der Waals surface area contributed by atoms with Gasteiger partial charge in [-0.15, -0.1) is 10.2 Å². The van der Waals surface area contributed by atoms with Gasteiger partial charge in [0.2, 0.25) is 0 Å². The molecule has 148 valence electrons. The largest absolute Gasteiger partial charge is 0.482 e. The van der Waals surface area contributed by atoms with E-state index in [1.54, 1.807) is 18.2 Å². The number of aromatic nitrogens is 3. The zero-order chi connectivity index (χ0) is 20.5. The highest BCUT2D eigenvalue weighted by Crippen LogP contribution is 2.32. The Labute approximate surface area is 172 Å². The lowest BCUT2D eigenvalue weighted by molar-refractivity contribution is -0.118. The highest BCUT2D eigenvalue weighted by molar-refractivity contribution is 8.00. The van der Waals surface area contributed by atoms with Gasteiger partial charge in [-0.3, -0.25) is 14.2 Å². The quantitative estimate of drug-likeness (QED) is 0.513. The van der Waals surface area contributed by atoms with Crippen LogP contribution in [0.4, 0.5) is 5.69 Å². The van der Waals surface area contributed by atoms with Gasteiger partial charge in [0.05, 0.1) is 16.6 Å². The molecule has 7 nitrogen and oxygen atoms in total. The molecule has 1 N–H and O–H groups in total. The number of nitrogens with zero attached hydrogens (tertiary/aromatic N) is 3. The lowest BCUT2D eigenvalue weighted by atomic mass is 10.1. The van der Waals surface area contributed by atoms with Crippen molar-refractivity contribution in [1.82, 2.24) is 14.8 Å². The molecule has 2 aromatic carbocycles. The van der Waals surface area contributed by atoms with E-state index in [1.807, 2.05) is 49.6 Å². The van der Waals surface area contributed by atoms with Crippen LogP contribution in [0.15, 0.2) is 47.6 Å². The third kappa shape index (κ3) is 3.75. The fourth-order valence-corrected chi connectivity index (χ4v) is 4.18. The van der Waals surface area contributed by atoms with E-state index in [2.05, 4.69) is 15.5 Å². The van der Waals surface area contributed by atoms with Crippen molar-refractivity contribution in [3.05, 3.63) is 59.4 Å². The second-order valence-electron chi connectivity index (χ2n) is 6.82. The summed E-state index contributed by atoms with van der Waals surface area (Å²) in [5, 5.41) is 11.5. The molecule has 4 rings (SSSR count). The Kier molecular flexibility index (Phi) is 5.10. The summed E-state index contributed by atoms with van der Waals surface area (Å²) in [4.78, 5) is 24.5. The van der Waals surface area contributed by atoms with Gasteiger partial charge < -0.3 is 10.1 Å². The van der Waals surface area contributed by atoms with Gasteiger partial charge in [0.15, 0.2) is 17.5 Å². The van der Waals surface area contributed by atoms with E-state index in [-0.39, 0.29) is 23.5 Å². The summed E-state index contributed by atoms with van der Waals surface area (Å²) in [6, 6.07) is 13.1. The van der Waals surface area contributed by atoms with Crippen molar-refractivity contribution >= 4 is 29.1 Å². The Balaban J connectivity index is 1.59. The van der Waals surface area contributed by atoms with E-state index in [1.165, 1.54) is 11.8 Å². The first kappa shape index (κ1) is 19.2. The van der Waals surface area contributed by atoms with Crippen LogP contribution in [0.25, 0.3) is 5.69 Å². The number of Topliss-reactive ketones (excluding diaryl/α,β-unsaturated/α-hetero) is 1. The summed E-state index contributed by atoms with van der Waals surface area (Å²) in [5.41, 5.74) is 3.11. The molecule has 3 aromatic rings. The number of hydrogen-bond donors (Lipinski definition) is 1. The molecule has 0 spiro atoms. The molecule has 0 unspecified atom stereocenters. The molecule has 0 aliphatic carbocycles. The first-order valence-corrected chi connectivity index (χ1v) is 10.1. The molecule has 1 aromatic heterocycles. The number of rotatable bonds is 5. The van der Waals surface area contributed by atoms with Crippen molar-refractivity contribution in [2.75, 3.05) is 11.9 Å². The molecule has 1 atom stereocenters. The van der Waals surface area contributed by atoms with Crippen molar-refractivity contribution < 1.29 is 14.3 Å². The van der Waals surface area contributed by atoms with Crippen LogP contribution in [-0.2, 0) is 4.79 Å². The lowest BCUT2D eigenvalue weighted by Crippen LogP contribution is -2.25. The zero-order valence-corrected chi connectivity index (χ0v) is 17.1. The molecule has 8 heteroatoms. The van der Waals surface area contributed by atoms with Gasteiger partial charge in [-0.2, -0.15) is 0 Å². The van der Waals surface area contributed by atoms with E-state index in [0.29, 0.717) is 22.2 Å². The number of thioether (sulfide) groups is 1.